The lowest BCUT2D eigenvalue weighted by atomic mass is 10.1. The van der Waals surface area contributed by atoms with Crippen LogP contribution in [-0.2, 0) is 6.42 Å². The van der Waals surface area contributed by atoms with E-state index in [2.05, 4.69) is 34.9 Å². The van der Waals surface area contributed by atoms with E-state index in [9.17, 15) is 4.79 Å². The largest absolute Gasteiger partial charge is 0.352 e. The number of carbonyl (C=O) groups is 1. The van der Waals surface area contributed by atoms with Crippen molar-refractivity contribution in [3.8, 4) is 0 Å². The van der Waals surface area contributed by atoms with Gasteiger partial charge in [0.1, 0.15) is 0 Å². The van der Waals surface area contributed by atoms with Gasteiger partial charge in [0.2, 0.25) is 0 Å². The molecule has 0 aliphatic rings. The molecule has 0 radical (unpaired) electrons. The maximum Gasteiger partial charge on any atom is 0.251 e. The first-order valence-electron chi connectivity index (χ1n) is 8.04. The quantitative estimate of drug-likeness (QED) is 0.689. The van der Waals surface area contributed by atoms with Crippen LogP contribution in [0.4, 0.5) is 0 Å². The minimum Gasteiger partial charge on any atom is -0.352 e. The van der Waals surface area contributed by atoms with Crippen LogP contribution in [0.15, 0.2) is 54.6 Å². The molecule has 0 aromatic heterocycles. The lowest BCUT2D eigenvalue weighted by molar-refractivity contribution is 0.0953. The van der Waals surface area contributed by atoms with Gasteiger partial charge in [-0.3, -0.25) is 4.79 Å². The van der Waals surface area contributed by atoms with Crippen LogP contribution in [0, 0.1) is 0 Å². The van der Waals surface area contributed by atoms with Gasteiger partial charge >= 0.3 is 0 Å². The Hall–Kier alpha value is -1.84. The van der Waals surface area contributed by atoms with Crippen LogP contribution in [0.5, 0.6) is 0 Å². The summed E-state index contributed by atoms with van der Waals surface area (Å²) in [6, 6.07) is 17.4. The Morgan fingerprint density at radius 2 is 1.57 bits per heavy atom. The minimum atomic E-state index is -0.0429. The summed E-state index contributed by atoms with van der Waals surface area (Å²) in [6.45, 7) is 2.66. The van der Waals surface area contributed by atoms with E-state index >= 15 is 0 Å². The van der Waals surface area contributed by atoms with E-state index in [1.807, 2.05) is 6.07 Å². The molecular formula is C19H23ClN2O. The van der Waals surface area contributed by atoms with E-state index in [0.29, 0.717) is 17.1 Å². The van der Waals surface area contributed by atoms with Crippen molar-refractivity contribution < 1.29 is 4.79 Å². The van der Waals surface area contributed by atoms with Crippen LogP contribution in [0.1, 0.15) is 28.8 Å². The molecule has 0 saturated carbocycles. The van der Waals surface area contributed by atoms with Crippen LogP contribution >= 0.6 is 11.6 Å². The van der Waals surface area contributed by atoms with Gasteiger partial charge in [0, 0.05) is 17.1 Å². The molecule has 2 aromatic carbocycles. The van der Waals surface area contributed by atoms with Gasteiger partial charge in [-0.15, -0.1) is 0 Å². The Morgan fingerprint density at radius 1 is 0.870 bits per heavy atom. The van der Waals surface area contributed by atoms with Crippen LogP contribution < -0.4 is 10.6 Å². The summed E-state index contributed by atoms with van der Waals surface area (Å²) in [7, 11) is 0. The topological polar surface area (TPSA) is 41.1 Å². The third-order valence-corrected chi connectivity index (χ3v) is 3.86. The van der Waals surface area contributed by atoms with E-state index in [1.165, 1.54) is 5.56 Å². The lowest BCUT2D eigenvalue weighted by Crippen LogP contribution is -2.25. The van der Waals surface area contributed by atoms with Crippen molar-refractivity contribution in [1.29, 1.82) is 0 Å². The van der Waals surface area contributed by atoms with Gasteiger partial charge < -0.3 is 10.6 Å². The molecule has 0 aliphatic carbocycles. The number of halogens is 1. The smallest absolute Gasteiger partial charge is 0.251 e. The minimum absolute atomic E-state index is 0.0429. The van der Waals surface area contributed by atoms with E-state index in [0.717, 1.165) is 32.4 Å². The molecule has 0 aliphatic heterocycles. The molecule has 0 unspecified atom stereocenters. The van der Waals surface area contributed by atoms with Crippen molar-refractivity contribution in [2.24, 2.45) is 0 Å². The highest BCUT2D eigenvalue weighted by Crippen LogP contribution is 2.09. The van der Waals surface area contributed by atoms with Crippen LogP contribution in [0.25, 0.3) is 0 Å². The molecule has 0 heterocycles. The summed E-state index contributed by atoms with van der Waals surface area (Å²) in [5, 5.41) is 7.00. The molecule has 3 nitrogen and oxygen atoms in total. The molecule has 0 atom stereocenters. The zero-order chi connectivity index (χ0) is 16.3. The Balaban J connectivity index is 1.49. The highest BCUT2D eigenvalue weighted by molar-refractivity contribution is 6.30. The van der Waals surface area contributed by atoms with Crippen molar-refractivity contribution in [2.75, 3.05) is 19.6 Å². The second-order valence-corrected chi connectivity index (χ2v) is 5.89. The summed E-state index contributed by atoms with van der Waals surface area (Å²) in [6.07, 6.45) is 3.07. The monoisotopic (exact) mass is 330 g/mol. The van der Waals surface area contributed by atoms with Gasteiger partial charge in [-0.2, -0.15) is 0 Å². The zero-order valence-electron chi connectivity index (χ0n) is 13.2. The van der Waals surface area contributed by atoms with Crippen molar-refractivity contribution in [3.05, 3.63) is 70.7 Å². The standard InChI is InChI=1S/C19H23ClN2O/c20-18-10-8-17(9-11-18)19(23)22-14-5-4-13-21-15-12-16-6-2-1-3-7-16/h1-3,6-11,21H,4-5,12-15H2,(H,22,23). The highest BCUT2D eigenvalue weighted by Gasteiger charge is 2.03. The lowest BCUT2D eigenvalue weighted by Gasteiger charge is -2.07. The molecule has 1 amide bonds. The Bertz CT molecular complexity index is 584. The number of benzene rings is 2. The van der Waals surface area contributed by atoms with E-state index in [4.69, 9.17) is 11.6 Å². The average molecular weight is 331 g/mol. The van der Waals surface area contributed by atoms with Gasteiger partial charge in [0.25, 0.3) is 5.91 Å². The number of amides is 1. The molecule has 0 bridgehead atoms. The fourth-order valence-electron chi connectivity index (χ4n) is 2.28. The Morgan fingerprint density at radius 3 is 2.30 bits per heavy atom. The zero-order valence-corrected chi connectivity index (χ0v) is 14.0. The van der Waals surface area contributed by atoms with Crippen LogP contribution in [-0.4, -0.2) is 25.5 Å². The second kappa shape index (κ2) is 10.0. The maximum absolute atomic E-state index is 11.9. The molecule has 0 fully saturated rings. The second-order valence-electron chi connectivity index (χ2n) is 5.46. The van der Waals surface area contributed by atoms with Gasteiger partial charge in [-0.1, -0.05) is 41.9 Å². The first-order valence-corrected chi connectivity index (χ1v) is 8.42. The molecule has 2 N–H and O–H groups in total. The average Bonchev–Trinajstić information content (AvgIpc) is 2.58. The third-order valence-electron chi connectivity index (χ3n) is 3.61. The summed E-state index contributed by atoms with van der Waals surface area (Å²) < 4.78 is 0. The first kappa shape index (κ1) is 17.5. The molecule has 4 heteroatoms. The number of carbonyl (C=O) groups excluding carboxylic acids is 1. The molecule has 0 spiro atoms. The first-order chi connectivity index (χ1) is 11.3. The predicted octanol–water partition coefficient (Wildman–Crippen LogP) is 3.68. The summed E-state index contributed by atoms with van der Waals surface area (Å²) in [5.74, 6) is -0.0429. The van der Waals surface area contributed by atoms with Crippen LogP contribution in [0.3, 0.4) is 0 Å². The summed E-state index contributed by atoms with van der Waals surface area (Å²) in [5.41, 5.74) is 2.01. The molecule has 23 heavy (non-hydrogen) atoms. The highest BCUT2D eigenvalue weighted by atomic mass is 35.5. The van der Waals surface area contributed by atoms with Gasteiger partial charge in [-0.25, -0.2) is 0 Å². The normalized spacial score (nSPS) is 10.5. The van der Waals surface area contributed by atoms with Gasteiger partial charge in [-0.05, 0) is 62.2 Å². The van der Waals surface area contributed by atoms with Gasteiger partial charge in [0.05, 0.1) is 0 Å². The van der Waals surface area contributed by atoms with Crippen LogP contribution in [0.2, 0.25) is 5.02 Å². The van der Waals surface area contributed by atoms with Crippen molar-refractivity contribution in [3.63, 3.8) is 0 Å². The SMILES string of the molecule is O=C(NCCCCNCCc1ccccc1)c1ccc(Cl)cc1. The predicted molar refractivity (Wildman–Crippen MR) is 96.0 cm³/mol. The number of unbranched alkanes of at least 4 members (excludes halogenated alkanes) is 1. The molecule has 122 valence electrons. The van der Waals surface area contributed by atoms with Gasteiger partial charge in [0.15, 0.2) is 0 Å². The van der Waals surface area contributed by atoms with Crippen molar-refractivity contribution in [1.82, 2.24) is 10.6 Å². The fourth-order valence-corrected chi connectivity index (χ4v) is 2.41. The Labute approximate surface area is 143 Å². The summed E-state index contributed by atoms with van der Waals surface area (Å²) >= 11 is 5.80. The van der Waals surface area contributed by atoms with E-state index in [-0.39, 0.29) is 5.91 Å². The fraction of sp³-hybridized carbons (Fsp3) is 0.316. The van der Waals surface area contributed by atoms with E-state index in [1.54, 1.807) is 24.3 Å². The van der Waals surface area contributed by atoms with Crippen molar-refractivity contribution >= 4 is 17.5 Å². The number of rotatable bonds is 9. The number of hydrogen-bond donors (Lipinski definition) is 2. The summed E-state index contributed by atoms with van der Waals surface area (Å²) in [4.78, 5) is 11.9. The number of nitrogens with one attached hydrogen (secondary N) is 2. The van der Waals surface area contributed by atoms with E-state index < -0.39 is 0 Å². The molecular weight excluding hydrogens is 308 g/mol. The Kier molecular flexibility index (Phi) is 7.64. The maximum atomic E-state index is 11.9. The van der Waals surface area contributed by atoms with Crippen molar-refractivity contribution in [2.45, 2.75) is 19.3 Å². The molecule has 2 aromatic rings. The third kappa shape index (κ3) is 6.85. The molecule has 0 saturated heterocycles. The number of hydrogen-bond acceptors (Lipinski definition) is 2. The molecule has 2 rings (SSSR count).